The number of carbonyl (C=O) groups is 1. The molecule has 3 heterocycles. The molecule has 2 atom stereocenters. The molecule has 5 rings (SSSR count). The molecule has 0 unspecified atom stereocenters. The summed E-state index contributed by atoms with van der Waals surface area (Å²) in [5.74, 6) is 0.454. The molecule has 1 saturated heterocycles. The number of hydrogen-bond acceptors (Lipinski definition) is 4. The maximum Gasteiger partial charge on any atom is 0.335 e. The Morgan fingerprint density at radius 3 is 2.55 bits per heavy atom. The predicted octanol–water partition coefficient (Wildman–Crippen LogP) is 5.53. The van der Waals surface area contributed by atoms with Gasteiger partial charge in [0.2, 0.25) is 0 Å². The monoisotopic (exact) mass is 455 g/mol. The van der Waals surface area contributed by atoms with E-state index in [2.05, 4.69) is 15.2 Å². The highest BCUT2D eigenvalue weighted by Gasteiger charge is 2.42. The third-order valence-electron chi connectivity index (χ3n) is 5.79. The van der Waals surface area contributed by atoms with Gasteiger partial charge in [-0.25, -0.2) is 4.79 Å². The molecule has 0 aliphatic carbocycles. The number of nitrogens with one attached hydrogen (secondary N) is 1. The van der Waals surface area contributed by atoms with E-state index in [1.165, 1.54) is 0 Å². The lowest BCUT2D eigenvalue weighted by Crippen LogP contribution is -2.29. The Balaban J connectivity index is 1.58. The first-order valence-electron chi connectivity index (χ1n) is 10.5. The third-order valence-corrected chi connectivity index (χ3v) is 6.10. The number of anilines is 1. The number of aryl methyl sites for hydroxylation is 1. The van der Waals surface area contributed by atoms with Gasteiger partial charge in [-0.3, -0.25) is 4.98 Å². The maximum absolute atomic E-state index is 11.3. The Bertz CT molecular complexity index is 1320. The fraction of sp³-hybridized carbons (Fsp3) is 0.115. The molecule has 7 heteroatoms. The van der Waals surface area contributed by atoms with Crippen LogP contribution in [0.3, 0.4) is 0 Å². The van der Waals surface area contributed by atoms with E-state index in [0.717, 1.165) is 28.3 Å². The minimum Gasteiger partial charge on any atom is -0.478 e. The molecule has 0 saturated carbocycles. The van der Waals surface area contributed by atoms with Crippen LogP contribution < -0.4 is 10.2 Å². The average Bonchev–Trinajstić information content (AvgIpc) is 3.44. The molecule has 1 fully saturated rings. The predicted molar refractivity (Wildman–Crippen MR) is 130 cm³/mol. The molecular formula is C26H21N3O3S. The Morgan fingerprint density at radius 2 is 1.85 bits per heavy atom. The van der Waals surface area contributed by atoms with Crippen molar-refractivity contribution in [2.75, 3.05) is 4.90 Å². The number of pyridine rings is 1. The molecule has 2 N–H and O–H groups in total. The number of benzene rings is 2. The van der Waals surface area contributed by atoms with E-state index in [1.54, 1.807) is 24.4 Å². The number of carboxylic acid groups (broad SMARTS) is 1. The quantitative estimate of drug-likeness (QED) is 0.383. The molecular weight excluding hydrogens is 434 g/mol. The molecule has 1 aliphatic heterocycles. The van der Waals surface area contributed by atoms with Crippen LogP contribution in [-0.2, 0) is 0 Å². The molecule has 164 valence electrons. The van der Waals surface area contributed by atoms with E-state index in [-0.39, 0.29) is 17.6 Å². The van der Waals surface area contributed by atoms with Crippen molar-refractivity contribution < 1.29 is 14.3 Å². The number of rotatable bonds is 5. The van der Waals surface area contributed by atoms with Crippen molar-refractivity contribution >= 4 is 29.0 Å². The van der Waals surface area contributed by atoms with Crippen molar-refractivity contribution in [1.29, 1.82) is 0 Å². The summed E-state index contributed by atoms with van der Waals surface area (Å²) in [5.41, 5.74) is 3.75. The highest BCUT2D eigenvalue weighted by atomic mass is 32.1. The molecule has 6 nitrogen and oxygen atoms in total. The molecule has 0 radical (unpaired) electrons. The van der Waals surface area contributed by atoms with Crippen LogP contribution in [0.25, 0.3) is 11.3 Å². The topological polar surface area (TPSA) is 78.6 Å². The lowest BCUT2D eigenvalue weighted by molar-refractivity contribution is 0.0697. The van der Waals surface area contributed by atoms with Crippen LogP contribution in [0.5, 0.6) is 0 Å². The molecule has 1 aliphatic rings. The van der Waals surface area contributed by atoms with Gasteiger partial charge in [-0.05, 0) is 73.2 Å². The van der Waals surface area contributed by atoms with Gasteiger partial charge in [-0.2, -0.15) is 0 Å². The Morgan fingerprint density at radius 1 is 1.06 bits per heavy atom. The van der Waals surface area contributed by atoms with Crippen molar-refractivity contribution in [2.24, 2.45) is 0 Å². The molecule has 0 amide bonds. The van der Waals surface area contributed by atoms with E-state index in [9.17, 15) is 9.90 Å². The van der Waals surface area contributed by atoms with Gasteiger partial charge in [0.1, 0.15) is 17.6 Å². The van der Waals surface area contributed by atoms with Crippen molar-refractivity contribution in [3.8, 4) is 11.3 Å². The largest absolute Gasteiger partial charge is 0.478 e. The van der Waals surface area contributed by atoms with Crippen molar-refractivity contribution in [1.82, 2.24) is 10.3 Å². The lowest BCUT2D eigenvalue weighted by Gasteiger charge is -2.26. The second-order valence-corrected chi connectivity index (χ2v) is 8.26. The van der Waals surface area contributed by atoms with Crippen molar-refractivity contribution in [3.05, 3.63) is 108 Å². The number of carboxylic acids is 1. The van der Waals surface area contributed by atoms with E-state index < -0.39 is 5.97 Å². The Kier molecular flexibility index (Phi) is 5.40. The van der Waals surface area contributed by atoms with Crippen LogP contribution >= 0.6 is 12.2 Å². The van der Waals surface area contributed by atoms with Crippen molar-refractivity contribution in [2.45, 2.75) is 19.0 Å². The van der Waals surface area contributed by atoms with E-state index in [4.69, 9.17) is 16.6 Å². The second-order valence-electron chi connectivity index (χ2n) is 7.87. The van der Waals surface area contributed by atoms with E-state index in [0.29, 0.717) is 10.9 Å². The summed E-state index contributed by atoms with van der Waals surface area (Å²) in [6.07, 6.45) is 1.77. The molecule has 4 aromatic rings. The molecule has 0 bridgehead atoms. The number of furan rings is 1. The van der Waals surface area contributed by atoms with E-state index >= 15 is 0 Å². The minimum absolute atomic E-state index is 0.201. The first-order chi connectivity index (χ1) is 16.0. The summed E-state index contributed by atoms with van der Waals surface area (Å²) in [4.78, 5) is 17.9. The summed E-state index contributed by atoms with van der Waals surface area (Å²) < 4.78 is 6.37. The zero-order valence-electron chi connectivity index (χ0n) is 17.8. The van der Waals surface area contributed by atoms with Crippen LogP contribution in [-0.4, -0.2) is 21.2 Å². The number of aromatic carboxylic acids is 1. The Hall–Kier alpha value is -3.97. The highest BCUT2D eigenvalue weighted by Crippen LogP contribution is 2.43. The first-order valence-corrected chi connectivity index (χ1v) is 10.9. The fourth-order valence-electron chi connectivity index (χ4n) is 4.24. The van der Waals surface area contributed by atoms with Crippen LogP contribution in [0.2, 0.25) is 0 Å². The van der Waals surface area contributed by atoms with Gasteiger partial charge in [-0.15, -0.1) is 0 Å². The smallest absolute Gasteiger partial charge is 0.335 e. The zero-order valence-corrected chi connectivity index (χ0v) is 18.6. The summed E-state index contributed by atoms with van der Waals surface area (Å²) in [5, 5.41) is 13.3. The Labute approximate surface area is 196 Å². The van der Waals surface area contributed by atoms with Gasteiger partial charge in [0.25, 0.3) is 0 Å². The number of aromatic nitrogens is 1. The molecule has 33 heavy (non-hydrogen) atoms. The highest BCUT2D eigenvalue weighted by molar-refractivity contribution is 7.80. The van der Waals surface area contributed by atoms with Crippen LogP contribution in [0.4, 0.5) is 5.69 Å². The normalized spacial score (nSPS) is 17.7. The SMILES string of the molecule is Cc1cc(C(=O)O)ccc1-c1ccc([C@@H]2[C@H](c3ccccn3)NC(=S)N2c2ccccc2)o1. The van der Waals surface area contributed by atoms with E-state index in [1.807, 2.05) is 67.6 Å². The van der Waals surface area contributed by atoms with Gasteiger partial charge in [0, 0.05) is 17.4 Å². The lowest BCUT2D eigenvalue weighted by atomic mass is 10.0. The summed E-state index contributed by atoms with van der Waals surface area (Å²) in [6.45, 7) is 1.88. The summed E-state index contributed by atoms with van der Waals surface area (Å²) in [6, 6.07) is 24.2. The van der Waals surface area contributed by atoms with Gasteiger partial charge in [0.05, 0.1) is 17.3 Å². The molecule has 2 aromatic carbocycles. The van der Waals surface area contributed by atoms with Crippen LogP contribution in [0.1, 0.15) is 39.5 Å². The third kappa shape index (κ3) is 3.87. The van der Waals surface area contributed by atoms with Gasteiger partial charge >= 0.3 is 5.97 Å². The minimum atomic E-state index is -0.952. The van der Waals surface area contributed by atoms with Crippen LogP contribution in [0.15, 0.2) is 89.5 Å². The van der Waals surface area contributed by atoms with Gasteiger partial charge in [-0.1, -0.05) is 30.3 Å². The van der Waals surface area contributed by atoms with Crippen LogP contribution in [0, 0.1) is 6.92 Å². The number of thiocarbonyl (C=S) groups is 1. The van der Waals surface area contributed by atoms with Gasteiger partial charge < -0.3 is 19.7 Å². The number of nitrogens with zero attached hydrogens (tertiary/aromatic N) is 2. The number of hydrogen-bond donors (Lipinski definition) is 2. The standard InChI is InChI=1S/C26H21N3O3S/c1-16-15-17(25(30)31)10-11-19(16)21-12-13-22(32-21)24-23(20-9-5-6-14-27-20)28-26(33)29(24)18-7-3-2-4-8-18/h2-15,23-24H,1H3,(H,28,33)(H,30,31)/t23-,24+/m0/s1. The zero-order chi connectivity index (χ0) is 22.9. The number of para-hydroxylation sites is 1. The summed E-state index contributed by atoms with van der Waals surface area (Å²) in [7, 11) is 0. The van der Waals surface area contributed by atoms with Crippen molar-refractivity contribution in [3.63, 3.8) is 0 Å². The molecule has 0 spiro atoms. The maximum atomic E-state index is 11.3. The first kappa shape index (κ1) is 20.9. The second kappa shape index (κ2) is 8.52. The molecule has 2 aromatic heterocycles. The van der Waals surface area contributed by atoms with Gasteiger partial charge in [0.15, 0.2) is 5.11 Å². The summed E-state index contributed by atoms with van der Waals surface area (Å²) >= 11 is 5.73. The fourth-order valence-corrected chi connectivity index (χ4v) is 4.59. The average molecular weight is 456 g/mol.